The lowest BCUT2D eigenvalue weighted by Crippen LogP contribution is -2.44. The van der Waals surface area contributed by atoms with Crippen LogP contribution in [0.1, 0.15) is 29.3 Å². The quantitative estimate of drug-likeness (QED) is 0.500. The van der Waals surface area contributed by atoms with Gasteiger partial charge in [0.15, 0.2) is 0 Å². The zero-order chi connectivity index (χ0) is 24.5. The molecule has 2 N–H and O–H groups in total. The van der Waals surface area contributed by atoms with Crippen LogP contribution < -0.4 is 15.4 Å². The van der Waals surface area contributed by atoms with Crippen LogP contribution in [0, 0.1) is 0 Å². The van der Waals surface area contributed by atoms with Crippen LogP contribution in [0.4, 0.5) is 5.69 Å². The van der Waals surface area contributed by atoms with Gasteiger partial charge in [0, 0.05) is 30.3 Å². The van der Waals surface area contributed by atoms with Gasteiger partial charge in [-0.15, -0.1) is 0 Å². The first-order chi connectivity index (χ1) is 16.4. The highest BCUT2D eigenvalue weighted by atomic mass is 32.2. The number of hydrogen-bond acceptors (Lipinski definition) is 7. The standard InChI is InChI=1S/C25H31N3O5S/c1-4-33-25(31)18-7-9-19(10-8-18)27-23(29)15-28(2)24(30)22-13-21(14-26-22)34-16-17-5-11-20(32-3)12-6-17/h5-12,21-22,26H,4,13-16H2,1-3H3,(H,27,29). The molecule has 1 fully saturated rings. The van der Waals surface area contributed by atoms with E-state index in [2.05, 4.69) is 10.6 Å². The number of carbonyl (C=O) groups excluding carboxylic acids is 3. The number of hydrogen-bond donors (Lipinski definition) is 2. The highest BCUT2D eigenvalue weighted by Gasteiger charge is 2.32. The first kappa shape index (κ1) is 25.6. The van der Waals surface area contributed by atoms with Gasteiger partial charge in [-0.3, -0.25) is 9.59 Å². The van der Waals surface area contributed by atoms with E-state index >= 15 is 0 Å². The van der Waals surface area contributed by atoms with Crippen LogP contribution >= 0.6 is 11.8 Å². The number of esters is 1. The number of anilines is 1. The van der Waals surface area contributed by atoms with Gasteiger partial charge in [0.1, 0.15) is 5.75 Å². The summed E-state index contributed by atoms with van der Waals surface area (Å²) >= 11 is 1.82. The summed E-state index contributed by atoms with van der Waals surface area (Å²) in [7, 11) is 3.28. The Labute approximate surface area is 204 Å². The van der Waals surface area contributed by atoms with Crippen LogP contribution in [-0.4, -0.2) is 67.8 Å². The fraction of sp³-hybridized carbons (Fsp3) is 0.400. The summed E-state index contributed by atoms with van der Waals surface area (Å²) < 4.78 is 10.1. The van der Waals surface area contributed by atoms with Gasteiger partial charge in [0.25, 0.3) is 0 Å². The summed E-state index contributed by atoms with van der Waals surface area (Å²) in [6.45, 7) is 2.74. The topological polar surface area (TPSA) is 97.0 Å². The molecule has 0 bridgehead atoms. The highest BCUT2D eigenvalue weighted by Crippen LogP contribution is 2.26. The first-order valence-electron chi connectivity index (χ1n) is 11.2. The maximum absolute atomic E-state index is 12.8. The number of ether oxygens (including phenoxy) is 2. The van der Waals surface area contributed by atoms with Crippen LogP contribution in [0.5, 0.6) is 5.75 Å². The van der Waals surface area contributed by atoms with Crippen molar-refractivity contribution < 1.29 is 23.9 Å². The van der Waals surface area contributed by atoms with Crippen molar-refractivity contribution in [2.24, 2.45) is 0 Å². The molecular formula is C25H31N3O5S. The van der Waals surface area contributed by atoms with E-state index in [-0.39, 0.29) is 24.4 Å². The van der Waals surface area contributed by atoms with Crippen LogP contribution in [0.2, 0.25) is 0 Å². The van der Waals surface area contributed by atoms with Crippen molar-refractivity contribution >= 4 is 35.2 Å². The van der Waals surface area contributed by atoms with Gasteiger partial charge in [-0.25, -0.2) is 4.79 Å². The van der Waals surface area contributed by atoms with Crippen LogP contribution in [0.15, 0.2) is 48.5 Å². The molecule has 2 aromatic carbocycles. The Kier molecular flexibility index (Phi) is 9.35. The molecule has 1 aliphatic rings. The second-order valence-corrected chi connectivity index (χ2v) is 9.31. The molecule has 0 aromatic heterocycles. The van der Waals surface area contributed by atoms with E-state index in [0.29, 0.717) is 23.1 Å². The summed E-state index contributed by atoms with van der Waals surface area (Å²) in [5, 5.41) is 6.37. The number of methoxy groups -OCH3 is 1. The second-order valence-electron chi connectivity index (χ2n) is 8.02. The average Bonchev–Trinajstić information content (AvgIpc) is 3.32. The fourth-order valence-corrected chi connectivity index (χ4v) is 4.78. The van der Waals surface area contributed by atoms with E-state index in [1.54, 1.807) is 45.3 Å². The van der Waals surface area contributed by atoms with Gasteiger partial charge >= 0.3 is 5.97 Å². The van der Waals surface area contributed by atoms with Crippen LogP contribution in [0.25, 0.3) is 0 Å². The van der Waals surface area contributed by atoms with Crippen molar-refractivity contribution in [1.82, 2.24) is 10.2 Å². The van der Waals surface area contributed by atoms with Crippen molar-refractivity contribution in [3.8, 4) is 5.75 Å². The molecule has 2 aromatic rings. The van der Waals surface area contributed by atoms with Crippen molar-refractivity contribution in [3.05, 3.63) is 59.7 Å². The molecule has 0 spiro atoms. The number of thioether (sulfide) groups is 1. The van der Waals surface area contributed by atoms with E-state index in [1.807, 2.05) is 36.0 Å². The number of carbonyl (C=O) groups is 3. The van der Waals surface area contributed by atoms with E-state index < -0.39 is 5.97 Å². The minimum atomic E-state index is -0.407. The predicted molar refractivity (Wildman–Crippen MR) is 133 cm³/mol. The molecular weight excluding hydrogens is 454 g/mol. The fourth-order valence-electron chi connectivity index (χ4n) is 3.62. The Bertz CT molecular complexity index is 981. The van der Waals surface area contributed by atoms with Crippen molar-refractivity contribution in [3.63, 3.8) is 0 Å². The molecule has 2 amide bonds. The number of nitrogens with one attached hydrogen (secondary N) is 2. The second kappa shape index (κ2) is 12.4. The number of benzene rings is 2. The normalized spacial score (nSPS) is 17.1. The maximum Gasteiger partial charge on any atom is 0.338 e. The monoisotopic (exact) mass is 485 g/mol. The molecule has 0 saturated carbocycles. The smallest absolute Gasteiger partial charge is 0.338 e. The van der Waals surface area contributed by atoms with E-state index in [1.165, 1.54) is 10.5 Å². The van der Waals surface area contributed by atoms with Gasteiger partial charge < -0.3 is 25.0 Å². The Morgan fingerprint density at radius 1 is 1.12 bits per heavy atom. The molecule has 3 rings (SSSR count). The number of amides is 2. The molecule has 2 unspecified atom stereocenters. The predicted octanol–water partition coefficient (Wildman–Crippen LogP) is 2.93. The van der Waals surface area contributed by atoms with Gasteiger partial charge in [0.2, 0.25) is 11.8 Å². The highest BCUT2D eigenvalue weighted by molar-refractivity contribution is 7.99. The van der Waals surface area contributed by atoms with Gasteiger partial charge in [-0.05, 0) is 55.3 Å². The summed E-state index contributed by atoms with van der Waals surface area (Å²) in [5.41, 5.74) is 2.18. The molecule has 8 nitrogen and oxygen atoms in total. The van der Waals surface area contributed by atoms with Crippen molar-refractivity contribution in [2.75, 3.05) is 39.2 Å². The minimum Gasteiger partial charge on any atom is -0.497 e. The molecule has 1 aliphatic heterocycles. The molecule has 34 heavy (non-hydrogen) atoms. The van der Waals surface area contributed by atoms with Crippen LogP contribution in [-0.2, 0) is 20.1 Å². The number of nitrogens with zero attached hydrogens (tertiary/aromatic N) is 1. The molecule has 1 heterocycles. The Morgan fingerprint density at radius 2 is 1.82 bits per heavy atom. The Balaban J connectivity index is 1.42. The lowest BCUT2D eigenvalue weighted by atomic mass is 10.2. The van der Waals surface area contributed by atoms with E-state index in [0.717, 1.165) is 24.5 Å². The lowest BCUT2D eigenvalue weighted by Gasteiger charge is -2.21. The third-order valence-corrected chi connectivity index (χ3v) is 6.80. The molecule has 2 atom stereocenters. The van der Waals surface area contributed by atoms with Gasteiger partial charge in [-0.1, -0.05) is 12.1 Å². The number of likely N-dealkylation sites (N-methyl/N-ethyl adjacent to an activating group) is 1. The van der Waals surface area contributed by atoms with Crippen molar-refractivity contribution in [1.29, 1.82) is 0 Å². The van der Waals surface area contributed by atoms with E-state index in [9.17, 15) is 14.4 Å². The minimum absolute atomic E-state index is 0.0553. The summed E-state index contributed by atoms with van der Waals surface area (Å²) in [6, 6.07) is 14.2. The first-order valence-corrected chi connectivity index (χ1v) is 12.2. The maximum atomic E-state index is 12.8. The SMILES string of the molecule is CCOC(=O)c1ccc(NC(=O)CN(C)C(=O)C2CC(SCc3ccc(OC)cc3)CN2)cc1. The summed E-state index contributed by atoms with van der Waals surface area (Å²) in [4.78, 5) is 38.4. The lowest BCUT2D eigenvalue weighted by molar-refractivity contribution is -0.134. The third-order valence-electron chi connectivity index (χ3n) is 5.47. The summed E-state index contributed by atoms with van der Waals surface area (Å²) in [6.07, 6.45) is 0.723. The third kappa shape index (κ3) is 7.23. The average molecular weight is 486 g/mol. The van der Waals surface area contributed by atoms with Gasteiger partial charge in [-0.2, -0.15) is 11.8 Å². The summed E-state index contributed by atoms with van der Waals surface area (Å²) in [5.74, 6) is 0.895. The molecule has 0 radical (unpaired) electrons. The van der Waals surface area contributed by atoms with Crippen LogP contribution in [0.3, 0.4) is 0 Å². The Morgan fingerprint density at radius 3 is 2.47 bits per heavy atom. The van der Waals surface area contributed by atoms with E-state index in [4.69, 9.17) is 9.47 Å². The largest absolute Gasteiger partial charge is 0.497 e. The van der Waals surface area contributed by atoms with Crippen molar-refractivity contribution in [2.45, 2.75) is 30.4 Å². The molecule has 182 valence electrons. The number of rotatable bonds is 10. The molecule has 0 aliphatic carbocycles. The Hall–Kier alpha value is -3.04. The molecule has 9 heteroatoms. The molecule has 1 saturated heterocycles. The zero-order valence-electron chi connectivity index (χ0n) is 19.7. The zero-order valence-corrected chi connectivity index (χ0v) is 20.5. The van der Waals surface area contributed by atoms with Gasteiger partial charge in [0.05, 0.1) is 31.9 Å².